The van der Waals surface area contributed by atoms with Crippen molar-refractivity contribution in [3.63, 3.8) is 0 Å². The van der Waals surface area contributed by atoms with Crippen molar-refractivity contribution >= 4 is 0 Å². The fourth-order valence-corrected chi connectivity index (χ4v) is 4.12. The van der Waals surface area contributed by atoms with Crippen LogP contribution in [0.2, 0.25) is 0 Å². The second-order valence-corrected chi connectivity index (χ2v) is 6.48. The molecule has 0 N–H and O–H groups in total. The first kappa shape index (κ1) is 13.6. The van der Waals surface area contributed by atoms with Gasteiger partial charge in [0.05, 0.1) is 11.5 Å². The van der Waals surface area contributed by atoms with Crippen molar-refractivity contribution in [3.8, 4) is 6.07 Å². The van der Waals surface area contributed by atoms with Gasteiger partial charge in [-0.15, -0.1) is 0 Å². The van der Waals surface area contributed by atoms with E-state index in [4.69, 9.17) is 0 Å². The van der Waals surface area contributed by atoms with E-state index in [1.54, 1.807) is 0 Å². The molecule has 0 amide bonds. The molecule has 20 heavy (non-hydrogen) atoms. The molecule has 2 nitrogen and oxygen atoms in total. The molecule has 0 radical (unpaired) electrons. The number of likely N-dealkylation sites (tertiary alicyclic amines) is 1. The molecule has 1 saturated carbocycles. The third-order valence-electron chi connectivity index (χ3n) is 5.34. The van der Waals surface area contributed by atoms with E-state index in [1.807, 2.05) is 0 Å². The van der Waals surface area contributed by atoms with Crippen molar-refractivity contribution in [3.05, 3.63) is 35.4 Å². The number of benzene rings is 1. The molecule has 0 aromatic heterocycles. The average molecular weight is 268 g/mol. The van der Waals surface area contributed by atoms with E-state index in [-0.39, 0.29) is 5.41 Å². The second kappa shape index (κ2) is 5.58. The summed E-state index contributed by atoms with van der Waals surface area (Å²) >= 11 is 0. The maximum absolute atomic E-state index is 9.81. The number of aryl methyl sites for hydroxylation is 1. The van der Waals surface area contributed by atoms with E-state index >= 15 is 0 Å². The highest BCUT2D eigenvalue weighted by molar-refractivity contribution is 5.39. The minimum atomic E-state index is -0.235. The molecule has 1 aromatic carbocycles. The number of nitriles is 1. The number of nitrogens with zero attached hydrogens (tertiary/aromatic N) is 2. The van der Waals surface area contributed by atoms with Gasteiger partial charge in [-0.1, -0.05) is 24.3 Å². The van der Waals surface area contributed by atoms with Crippen LogP contribution in [0.4, 0.5) is 0 Å². The smallest absolute Gasteiger partial charge is 0.0826 e. The van der Waals surface area contributed by atoms with Crippen LogP contribution in [-0.4, -0.2) is 24.0 Å². The van der Waals surface area contributed by atoms with Gasteiger partial charge in [-0.2, -0.15) is 5.26 Å². The number of hydrogen-bond donors (Lipinski definition) is 0. The molecule has 0 atom stereocenters. The first-order valence-corrected chi connectivity index (χ1v) is 7.97. The first-order valence-electron chi connectivity index (χ1n) is 7.97. The molecule has 2 heteroatoms. The summed E-state index contributed by atoms with van der Waals surface area (Å²) in [5.41, 5.74) is 2.30. The topological polar surface area (TPSA) is 27.0 Å². The van der Waals surface area contributed by atoms with Crippen molar-refractivity contribution < 1.29 is 0 Å². The predicted molar refractivity (Wildman–Crippen MR) is 81.5 cm³/mol. The van der Waals surface area contributed by atoms with Crippen LogP contribution in [0.3, 0.4) is 0 Å². The van der Waals surface area contributed by atoms with Crippen molar-refractivity contribution in [2.24, 2.45) is 0 Å². The van der Waals surface area contributed by atoms with Gasteiger partial charge >= 0.3 is 0 Å². The minimum Gasteiger partial charge on any atom is -0.300 e. The van der Waals surface area contributed by atoms with Crippen molar-refractivity contribution in [1.82, 2.24) is 4.90 Å². The summed E-state index contributed by atoms with van der Waals surface area (Å²) in [4.78, 5) is 2.65. The van der Waals surface area contributed by atoms with E-state index in [0.29, 0.717) is 0 Å². The molecule has 1 heterocycles. The van der Waals surface area contributed by atoms with E-state index < -0.39 is 0 Å². The molecule has 0 spiro atoms. The van der Waals surface area contributed by atoms with Gasteiger partial charge in [0.2, 0.25) is 0 Å². The lowest BCUT2D eigenvalue weighted by Gasteiger charge is -2.39. The average Bonchev–Trinajstić information content (AvgIpc) is 3.02. The molecular formula is C18H24N2. The van der Waals surface area contributed by atoms with Crippen LogP contribution in [0, 0.1) is 18.3 Å². The molecule has 2 aliphatic rings. The Balaban J connectivity index is 1.77. The Hall–Kier alpha value is -1.33. The van der Waals surface area contributed by atoms with Gasteiger partial charge in [0.15, 0.2) is 0 Å². The highest BCUT2D eigenvalue weighted by atomic mass is 15.2. The summed E-state index contributed by atoms with van der Waals surface area (Å²) in [6, 6.07) is 11.8. The summed E-state index contributed by atoms with van der Waals surface area (Å²) in [6.45, 7) is 4.68. The van der Waals surface area contributed by atoms with E-state index in [9.17, 15) is 5.26 Å². The first-order chi connectivity index (χ1) is 9.75. The Bertz CT molecular complexity index is 500. The van der Waals surface area contributed by atoms with Crippen molar-refractivity contribution in [2.45, 2.75) is 56.9 Å². The monoisotopic (exact) mass is 268 g/mol. The zero-order valence-electron chi connectivity index (χ0n) is 12.4. The lowest BCUT2D eigenvalue weighted by Crippen LogP contribution is -2.41. The summed E-state index contributed by atoms with van der Waals surface area (Å²) in [5.74, 6) is 0. The van der Waals surface area contributed by atoms with E-state index in [0.717, 1.165) is 18.9 Å². The lowest BCUT2D eigenvalue weighted by molar-refractivity contribution is 0.165. The van der Waals surface area contributed by atoms with Gasteiger partial charge in [0.25, 0.3) is 0 Å². The Morgan fingerprint density at radius 1 is 1.15 bits per heavy atom. The van der Waals surface area contributed by atoms with Crippen LogP contribution < -0.4 is 0 Å². The molecule has 1 aliphatic heterocycles. The Labute approximate surface area is 122 Å². The fraction of sp³-hybridized carbons (Fsp3) is 0.611. The maximum Gasteiger partial charge on any atom is 0.0826 e. The molecule has 2 fully saturated rings. The highest BCUT2D eigenvalue weighted by Crippen LogP contribution is 2.42. The van der Waals surface area contributed by atoms with Gasteiger partial charge in [0, 0.05) is 6.04 Å². The molecule has 106 valence electrons. The summed E-state index contributed by atoms with van der Waals surface area (Å²) in [7, 11) is 0. The zero-order valence-corrected chi connectivity index (χ0v) is 12.4. The number of rotatable bonds is 2. The summed E-state index contributed by atoms with van der Waals surface area (Å²) in [5, 5.41) is 9.81. The fourth-order valence-electron chi connectivity index (χ4n) is 4.12. The molecule has 3 rings (SSSR count). The van der Waals surface area contributed by atoms with E-state index in [1.165, 1.54) is 49.9 Å². The Morgan fingerprint density at radius 3 is 2.40 bits per heavy atom. The second-order valence-electron chi connectivity index (χ2n) is 6.48. The lowest BCUT2D eigenvalue weighted by atomic mass is 9.68. The Kier molecular flexibility index (Phi) is 3.81. The highest BCUT2D eigenvalue weighted by Gasteiger charge is 2.39. The van der Waals surface area contributed by atoms with Crippen LogP contribution in [0.5, 0.6) is 0 Å². The third kappa shape index (κ3) is 2.36. The Morgan fingerprint density at radius 2 is 1.80 bits per heavy atom. The predicted octanol–water partition coefficient (Wildman–Crippen LogP) is 3.79. The van der Waals surface area contributed by atoms with Gasteiger partial charge in [-0.25, -0.2) is 0 Å². The standard InChI is InChI=1S/C18H24N2/c1-15-6-2-3-7-17(15)18(14-19)10-8-16(9-11-18)20-12-4-5-13-20/h2-3,6-7,16H,4-5,8-13H2,1H3. The van der Waals surface area contributed by atoms with Crippen LogP contribution in [0.25, 0.3) is 0 Å². The molecule has 1 saturated heterocycles. The zero-order chi connectivity index (χ0) is 14.0. The van der Waals surface area contributed by atoms with Crippen molar-refractivity contribution in [2.75, 3.05) is 13.1 Å². The third-order valence-corrected chi connectivity index (χ3v) is 5.34. The van der Waals surface area contributed by atoms with Gasteiger partial charge in [-0.05, 0) is 69.7 Å². The van der Waals surface area contributed by atoms with Crippen LogP contribution >= 0.6 is 0 Å². The SMILES string of the molecule is Cc1ccccc1C1(C#N)CCC(N2CCCC2)CC1. The molecule has 0 bridgehead atoms. The maximum atomic E-state index is 9.81. The molecule has 1 aromatic rings. The van der Waals surface area contributed by atoms with Gasteiger partial charge < -0.3 is 4.90 Å². The van der Waals surface area contributed by atoms with Gasteiger partial charge in [-0.3, -0.25) is 0 Å². The van der Waals surface area contributed by atoms with Crippen molar-refractivity contribution in [1.29, 1.82) is 5.26 Å². The summed E-state index contributed by atoms with van der Waals surface area (Å²) in [6.07, 6.45) is 7.13. The number of hydrogen-bond acceptors (Lipinski definition) is 2. The van der Waals surface area contributed by atoms with Crippen LogP contribution in [-0.2, 0) is 5.41 Å². The summed E-state index contributed by atoms with van der Waals surface area (Å²) < 4.78 is 0. The largest absolute Gasteiger partial charge is 0.300 e. The van der Waals surface area contributed by atoms with E-state index in [2.05, 4.69) is 42.2 Å². The quantitative estimate of drug-likeness (QED) is 0.816. The van der Waals surface area contributed by atoms with Gasteiger partial charge in [0.1, 0.15) is 0 Å². The molecule has 0 unspecified atom stereocenters. The van der Waals surface area contributed by atoms with Crippen LogP contribution in [0.1, 0.15) is 49.7 Å². The van der Waals surface area contributed by atoms with Crippen LogP contribution in [0.15, 0.2) is 24.3 Å². The normalized spacial score (nSPS) is 31.1. The minimum absolute atomic E-state index is 0.235. The molecular weight excluding hydrogens is 244 g/mol. The molecule has 1 aliphatic carbocycles.